The van der Waals surface area contributed by atoms with E-state index in [9.17, 15) is 4.79 Å². The summed E-state index contributed by atoms with van der Waals surface area (Å²) < 4.78 is 0. The molecule has 0 fully saturated rings. The molecule has 0 aliphatic heterocycles. The summed E-state index contributed by atoms with van der Waals surface area (Å²) in [5.74, 6) is 0.133. The van der Waals surface area contributed by atoms with Gasteiger partial charge in [-0.05, 0) is 18.5 Å². The zero-order chi connectivity index (χ0) is 18.6. The van der Waals surface area contributed by atoms with E-state index in [0.717, 1.165) is 17.2 Å². The van der Waals surface area contributed by atoms with E-state index in [1.54, 1.807) is 0 Å². The molecular formula is C24H26OSi. The summed E-state index contributed by atoms with van der Waals surface area (Å²) in [6.45, 7) is 6.77. The zero-order valence-electron chi connectivity index (χ0n) is 15.8. The summed E-state index contributed by atoms with van der Waals surface area (Å²) >= 11 is 0. The average molecular weight is 359 g/mol. The summed E-state index contributed by atoms with van der Waals surface area (Å²) in [6, 6.07) is 29.8. The van der Waals surface area contributed by atoms with Crippen LogP contribution in [-0.4, -0.2) is 13.9 Å². The Hall–Kier alpha value is -2.45. The maximum absolute atomic E-state index is 13.4. The molecule has 1 nitrogen and oxygen atoms in total. The number of hydrogen-bond donors (Lipinski definition) is 0. The van der Waals surface area contributed by atoms with Crippen LogP contribution in [0.15, 0.2) is 84.9 Å². The van der Waals surface area contributed by atoms with Crippen LogP contribution in [0.3, 0.4) is 0 Å². The highest BCUT2D eigenvalue weighted by molar-refractivity contribution is 6.90. The molecule has 3 rings (SSSR count). The molecule has 0 bridgehead atoms. The maximum atomic E-state index is 13.4. The lowest BCUT2D eigenvalue weighted by molar-refractivity contribution is 0.0965. The van der Waals surface area contributed by atoms with Crippen molar-refractivity contribution in [2.24, 2.45) is 0 Å². The molecule has 0 spiro atoms. The highest BCUT2D eigenvalue weighted by atomic mass is 28.3. The number of rotatable bonds is 6. The minimum atomic E-state index is -1.75. The van der Waals surface area contributed by atoms with Crippen molar-refractivity contribution < 1.29 is 4.79 Å². The predicted octanol–water partition coefficient (Wildman–Crippen LogP) is 5.58. The molecular weight excluding hydrogens is 332 g/mol. The predicted molar refractivity (Wildman–Crippen MR) is 113 cm³/mol. The van der Waals surface area contributed by atoms with Gasteiger partial charge in [0.15, 0.2) is 5.78 Å². The van der Waals surface area contributed by atoms with E-state index in [4.69, 9.17) is 0 Å². The lowest BCUT2D eigenvalue weighted by Gasteiger charge is -2.28. The summed E-state index contributed by atoms with van der Waals surface area (Å²) in [6.07, 6.45) is 0. The van der Waals surface area contributed by atoms with Crippen molar-refractivity contribution in [2.45, 2.75) is 32.0 Å². The van der Waals surface area contributed by atoms with E-state index in [0.29, 0.717) is 0 Å². The third kappa shape index (κ3) is 4.20. The van der Waals surface area contributed by atoms with Gasteiger partial charge in [0.05, 0.1) is 8.07 Å². The third-order valence-electron chi connectivity index (χ3n) is 5.12. The Kier molecular flexibility index (Phi) is 5.53. The SMILES string of the molecule is Cc1ccc(C(=O)C(C[Si](C)(C)c2ccccc2)c2ccccc2)cc1. The average Bonchev–Trinajstić information content (AvgIpc) is 2.68. The van der Waals surface area contributed by atoms with E-state index in [-0.39, 0.29) is 11.7 Å². The van der Waals surface area contributed by atoms with Gasteiger partial charge in [0.1, 0.15) is 0 Å². The fourth-order valence-corrected chi connectivity index (χ4v) is 6.26. The van der Waals surface area contributed by atoms with Gasteiger partial charge in [-0.2, -0.15) is 0 Å². The summed E-state index contributed by atoms with van der Waals surface area (Å²) in [5.41, 5.74) is 3.11. The molecule has 0 aromatic heterocycles. The van der Waals surface area contributed by atoms with Gasteiger partial charge in [-0.1, -0.05) is 109 Å². The van der Waals surface area contributed by atoms with Gasteiger partial charge in [-0.15, -0.1) is 0 Å². The standard InChI is InChI=1S/C24H26OSi/c1-19-14-16-21(17-15-19)24(25)23(20-10-6-4-7-11-20)18-26(2,3)22-12-8-5-9-13-22/h4-17,23H,18H2,1-3H3. The first-order valence-electron chi connectivity index (χ1n) is 9.19. The molecule has 3 aromatic rings. The first-order valence-corrected chi connectivity index (χ1v) is 12.4. The van der Waals surface area contributed by atoms with Crippen molar-refractivity contribution in [1.29, 1.82) is 0 Å². The topological polar surface area (TPSA) is 17.1 Å². The molecule has 0 saturated heterocycles. The lowest BCUT2D eigenvalue weighted by Crippen LogP contribution is -2.43. The monoisotopic (exact) mass is 358 g/mol. The summed E-state index contributed by atoms with van der Waals surface area (Å²) in [4.78, 5) is 13.4. The first-order chi connectivity index (χ1) is 12.5. The van der Waals surface area contributed by atoms with Crippen LogP contribution in [0.5, 0.6) is 0 Å². The quantitative estimate of drug-likeness (QED) is 0.415. The van der Waals surface area contributed by atoms with Gasteiger partial charge < -0.3 is 0 Å². The fraction of sp³-hybridized carbons (Fsp3) is 0.208. The van der Waals surface area contributed by atoms with Gasteiger partial charge in [0, 0.05) is 11.5 Å². The Balaban J connectivity index is 1.96. The van der Waals surface area contributed by atoms with E-state index in [1.807, 2.05) is 49.4 Å². The van der Waals surface area contributed by atoms with Crippen molar-refractivity contribution in [2.75, 3.05) is 0 Å². The molecule has 1 unspecified atom stereocenters. The molecule has 3 aromatic carbocycles. The van der Waals surface area contributed by atoms with Crippen molar-refractivity contribution >= 4 is 19.0 Å². The third-order valence-corrected chi connectivity index (χ3v) is 8.45. The highest BCUT2D eigenvalue weighted by Gasteiger charge is 2.32. The number of ketones is 1. The molecule has 0 heterocycles. The molecule has 1 atom stereocenters. The van der Waals surface area contributed by atoms with E-state index >= 15 is 0 Å². The second kappa shape index (κ2) is 7.84. The van der Waals surface area contributed by atoms with Gasteiger partial charge in [0.2, 0.25) is 0 Å². The van der Waals surface area contributed by atoms with E-state index in [2.05, 4.69) is 55.6 Å². The molecule has 0 radical (unpaired) electrons. The Morgan fingerprint density at radius 2 is 1.35 bits per heavy atom. The minimum Gasteiger partial charge on any atom is -0.294 e. The van der Waals surface area contributed by atoms with Crippen LogP contribution < -0.4 is 5.19 Å². The Morgan fingerprint density at radius 1 is 0.808 bits per heavy atom. The minimum absolute atomic E-state index is 0.0965. The van der Waals surface area contributed by atoms with Crippen LogP contribution in [0, 0.1) is 6.92 Å². The van der Waals surface area contributed by atoms with Gasteiger partial charge in [0.25, 0.3) is 0 Å². The van der Waals surface area contributed by atoms with Crippen LogP contribution in [0.2, 0.25) is 19.1 Å². The molecule has 2 heteroatoms. The molecule has 0 aliphatic carbocycles. The van der Waals surface area contributed by atoms with Crippen molar-refractivity contribution in [3.8, 4) is 0 Å². The van der Waals surface area contributed by atoms with Crippen LogP contribution in [0.4, 0.5) is 0 Å². The highest BCUT2D eigenvalue weighted by Crippen LogP contribution is 2.30. The zero-order valence-corrected chi connectivity index (χ0v) is 16.8. The number of carbonyl (C=O) groups is 1. The number of carbonyl (C=O) groups excluding carboxylic acids is 1. The van der Waals surface area contributed by atoms with E-state index < -0.39 is 8.07 Å². The fourth-order valence-electron chi connectivity index (χ4n) is 3.48. The number of benzene rings is 3. The van der Waals surface area contributed by atoms with Crippen LogP contribution in [0.1, 0.15) is 27.4 Å². The Morgan fingerprint density at radius 3 is 1.92 bits per heavy atom. The lowest BCUT2D eigenvalue weighted by atomic mass is 9.92. The first kappa shape index (κ1) is 18.3. The molecule has 0 N–H and O–H groups in total. The normalized spacial score (nSPS) is 12.6. The second-order valence-corrected chi connectivity index (χ2v) is 12.4. The Labute approximate surface area is 157 Å². The largest absolute Gasteiger partial charge is 0.294 e. The number of hydrogen-bond acceptors (Lipinski definition) is 1. The smallest absolute Gasteiger partial charge is 0.170 e. The van der Waals surface area contributed by atoms with Crippen molar-refractivity contribution in [1.82, 2.24) is 0 Å². The number of aryl methyl sites for hydroxylation is 1. The second-order valence-electron chi connectivity index (χ2n) is 7.65. The van der Waals surface area contributed by atoms with Gasteiger partial charge >= 0.3 is 0 Å². The van der Waals surface area contributed by atoms with E-state index in [1.165, 1.54) is 10.8 Å². The van der Waals surface area contributed by atoms with Gasteiger partial charge in [-0.25, -0.2) is 0 Å². The molecule has 0 aliphatic rings. The van der Waals surface area contributed by atoms with Crippen LogP contribution in [-0.2, 0) is 0 Å². The molecule has 0 saturated carbocycles. The van der Waals surface area contributed by atoms with Crippen LogP contribution >= 0.6 is 0 Å². The van der Waals surface area contributed by atoms with Crippen molar-refractivity contribution in [3.63, 3.8) is 0 Å². The maximum Gasteiger partial charge on any atom is 0.170 e. The molecule has 0 amide bonds. The molecule has 132 valence electrons. The Bertz CT molecular complexity index is 852. The van der Waals surface area contributed by atoms with Gasteiger partial charge in [-0.3, -0.25) is 4.79 Å². The molecule has 26 heavy (non-hydrogen) atoms. The van der Waals surface area contributed by atoms with Crippen molar-refractivity contribution in [3.05, 3.63) is 102 Å². The summed E-state index contributed by atoms with van der Waals surface area (Å²) in [7, 11) is -1.75. The number of Topliss-reactive ketones (excluding diaryl/α,β-unsaturated/α-hetero) is 1. The summed E-state index contributed by atoms with van der Waals surface area (Å²) in [5, 5.41) is 1.40. The van der Waals surface area contributed by atoms with Crippen LogP contribution in [0.25, 0.3) is 0 Å².